The summed E-state index contributed by atoms with van der Waals surface area (Å²) in [6.07, 6.45) is 1.38. The van der Waals surface area contributed by atoms with Crippen molar-refractivity contribution < 1.29 is 4.79 Å². The molecule has 0 radical (unpaired) electrons. The Morgan fingerprint density at radius 1 is 1.05 bits per heavy atom. The van der Waals surface area contributed by atoms with Gasteiger partial charge < -0.3 is 10.6 Å². The van der Waals surface area contributed by atoms with Crippen molar-refractivity contribution in [3.8, 4) is 0 Å². The molecule has 0 saturated heterocycles. The summed E-state index contributed by atoms with van der Waals surface area (Å²) < 4.78 is 0. The topological polar surface area (TPSA) is 66.9 Å². The maximum Gasteiger partial charge on any atom is 0.227 e. The van der Waals surface area contributed by atoms with Gasteiger partial charge in [0.25, 0.3) is 0 Å². The number of hydrogen-bond donors (Lipinski definition) is 2. The number of hydrogen-bond acceptors (Lipinski definition) is 4. The van der Waals surface area contributed by atoms with E-state index in [2.05, 4.69) is 20.6 Å². The monoisotopic (exact) mass is 284 g/mol. The molecule has 0 saturated carbocycles. The van der Waals surface area contributed by atoms with E-state index in [1.807, 2.05) is 51.1 Å². The number of aryl methyl sites for hydroxylation is 2. The fourth-order valence-corrected chi connectivity index (χ4v) is 2.00. The highest BCUT2D eigenvalue weighted by molar-refractivity contribution is 5.90. The first-order valence-corrected chi connectivity index (χ1v) is 7.06. The maximum atomic E-state index is 11.5. The molecule has 0 aliphatic rings. The molecule has 0 aliphatic carbocycles. The molecule has 0 bridgehead atoms. The second-order valence-electron chi connectivity index (χ2n) is 4.97. The summed E-state index contributed by atoms with van der Waals surface area (Å²) >= 11 is 0. The highest BCUT2D eigenvalue weighted by atomic mass is 16.1. The van der Waals surface area contributed by atoms with Crippen LogP contribution in [0.15, 0.2) is 30.3 Å². The van der Waals surface area contributed by atoms with Crippen LogP contribution in [-0.4, -0.2) is 15.9 Å². The van der Waals surface area contributed by atoms with Crippen LogP contribution in [0.25, 0.3) is 0 Å². The van der Waals surface area contributed by atoms with Crippen molar-refractivity contribution >= 4 is 23.2 Å². The van der Waals surface area contributed by atoms with Crippen molar-refractivity contribution in [1.29, 1.82) is 0 Å². The van der Waals surface area contributed by atoms with Crippen molar-refractivity contribution in [3.05, 3.63) is 41.7 Å². The van der Waals surface area contributed by atoms with Crippen molar-refractivity contribution in [1.82, 2.24) is 9.97 Å². The third-order valence-electron chi connectivity index (χ3n) is 2.88. The zero-order chi connectivity index (χ0) is 15.2. The fourth-order valence-electron chi connectivity index (χ4n) is 2.00. The molecule has 1 amide bonds. The van der Waals surface area contributed by atoms with Gasteiger partial charge in [0, 0.05) is 29.2 Å². The van der Waals surface area contributed by atoms with E-state index in [-0.39, 0.29) is 5.91 Å². The van der Waals surface area contributed by atoms with Crippen LogP contribution < -0.4 is 10.6 Å². The van der Waals surface area contributed by atoms with Gasteiger partial charge in [-0.1, -0.05) is 6.92 Å². The normalized spacial score (nSPS) is 10.2. The lowest BCUT2D eigenvalue weighted by atomic mass is 10.2. The van der Waals surface area contributed by atoms with Crippen LogP contribution in [-0.2, 0) is 4.79 Å². The molecule has 1 aromatic carbocycles. The third-order valence-corrected chi connectivity index (χ3v) is 2.88. The van der Waals surface area contributed by atoms with Crippen LogP contribution in [0.5, 0.6) is 0 Å². The molecule has 0 unspecified atom stereocenters. The summed E-state index contributed by atoms with van der Waals surface area (Å²) in [5, 5.41) is 6.01. The molecular formula is C16H20N4O. The lowest BCUT2D eigenvalue weighted by Gasteiger charge is -2.08. The number of anilines is 3. The quantitative estimate of drug-likeness (QED) is 0.880. The maximum absolute atomic E-state index is 11.5. The first-order valence-electron chi connectivity index (χ1n) is 7.06. The minimum atomic E-state index is 0.0378. The molecule has 5 nitrogen and oxygen atoms in total. The molecule has 2 N–H and O–H groups in total. The predicted molar refractivity (Wildman–Crippen MR) is 84.8 cm³/mol. The molecule has 2 rings (SSSR count). The van der Waals surface area contributed by atoms with Crippen molar-refractivity contribution in [2.24, 2.45) is 0 Å². The van der Waals surface area contributed by atoms with E-state index in [1.165, 1.54) is 0 Å². The van der Waals surface area contributed by atoms with Gasteiger partial charge in [-0.2, -0.15) is 0 Å². The summed E-state index contributed by atoms with van der Waals surface area (Å²) in [6, 6.07) is 9.43. The second-order valence-corrected chi connectivity index (χ2v) is 4.97. The summed E-state index contributed by atoms with van der Waals surface area (Å²) in [5.74, 6) is 0.617. The van der Waals surface area contributed by atoms with E-state index >= 15 is 0 Å². The number of nitrogens with one attached hydrogen (secondary N) is 2. The lowest BCUT2D eigenvalue weighted by molar-refractivity contribution is -0.116. The molecule has 0 fully saturated rings. The zero-order valence-corrected chi connectivity index (χ0v) is 12.6. The number of aromatic nitrogens is 2. The largest absolute Gasteiger partial charge is 0.326 e. The molecule has 1 heterocycles. The molecule has 5 heteroatoms. The zero-order valence-electron chi connectivity index (χ0n) is 12.6. The first-order chi connectivity index (χ1) is 10.1. The van der Waals surface area contributed by atoms with Crippen LogP contribution in [0, 0.1) is 13.8 Å². The fraction of sp³-hybridized carbons (Fsp3) is 0.312. The van der Waals surface area contributed by atoms with Crippen LogP contribution in [0.3, 0.4) is 0 Å². The van der Waals surface area contributed by atoms with Gasteiger partial charge in [0.15, 0.2) is 0 Å². The van der Waals surface area contributed by atoms with Gasteiger partial charge >= 0.3 is 0 Å². The van der Waals surface area contributed by atoms with Crippen molar-refractivity contribution in [3.63, 3.8) is 0 Å². The molecule has 21 heavy (non-hydrogen) atoms. The van der Waals surface area contributed by atoms with Gasteiger partial charge in [0.1, 0.15) is 0 Å². The average molecular weight is 284 g/mol. The Hall–Kier alpha value is -2.43. The molecule has 110 valence electrons. The van der Waals surface area contributed by atoms with E-state index in [1.54, 1.807) is 0 Å². The number of carbonyl (C=O) groups excluding carboxylic acids is 1. The Morgan fingerprint density at radius 3 is 2.19 bits per heavy atom. The van der Waals surface area contributed by atoms with Gasteiger partial charge in [-0.05, 0) is 50.6 Å². The first kappa shape index (κ1) is 15.0. The Kier molecular flexibility index (Phi) is 4.87. The Balaban J connectivity index is 2.03. The summed E-state index contributed by atoms with van der Waals surface area (Å²) in [6.45, 7) is 5.86. The average Bonchev–Trinajstić information content (AvgIpc) is 2.40. The second kappa shape index (κ2) is 6.83. The minimum absolute atomic E-state index is 0.0378. The van der Waals surface area contributed by atoms with Gasteiger partial charge in [-0.25, -0.2) is 9.97 Å². The van der Waals surface area contributed by atoms with E-state index in [4.69, 9.17) is 0 Å². The molecule has 2 aromatic rings. The van der Waals surface area contributed by atoms with Gasteiger partial charge in [-0.15, -0.1) is 0 Å². The van der Waals surface area contributed by atoms with Crippen LogP contribution >= 0.6 is 0 Å². The minimum Gasteiger partial charge on any atom is -0.326 e. The van der Waals surface area contributed by atoms with Gasteiger partial charge in [0.2, 0.25) is 11.9 Å². The highest BCUT2D eigenvalue weighted by Crippen LogP contribution is 2.17. The number of amides is 1. The van der Waals surface area contributed by atoms with Crippen molar-refractivity contribution in [2.45, 2.75) is 33.6 Å². The van der Waals surface area contributed by atoms with Crippen molar-refractivity contribution in [2.75, 3.05) is 10.6 Å². The van der Waals surface area contributed by atoms with E-state index in [0.29, 0.717) is 12.4 Å². The number of rotatable bonds is 5. The standard InChI is InChI=1S/C16H20N4O/c1-4-5-15(21)19-13-6-8-14(9-7-13)20-16-17-11(2)10-12(3)18-16/h6-10H,4-5H2,1-3H3,(H,19,21)(H,17,18,20). The number of nitrogens with zero attached hydrogens (tertiary/aromatic N) is 2. The molecule has 0 aliphatic heterocycles. The predicted octanol–water partition coefficient (Wildman–Crippen LogP) is 3.58. The van der Waals surface area contributed by atoms with Gasteiger partial charge in [-0.3, -0.25) is 4.79 Å². The molecular weight excluding hydrogens is 264 g/mol. The highest BCUT2D eigenvalue weighted by Gasteiger charge is 2.02. The smallest absolute Gasteiger partial charge is 0.227 e. The van der Waals surface area contributed by atoms with Crippen LogP contribution in [0.1, 0.15) is 31.2 Å². The van der Waals surface area contributed by atoms with E-state index in [9.17, 15) is 4.79 Å². The Morgan fingerprint density at radius 2 is 1.62 bits per heavy atom. The number of benzene rings is 1. The van der Waals surface area contributed by atoms with E-state index < -0.39 is 0 Å². The SMILES string of the molecule is CCCC(=O)Nc1ccc(Nc2nc(C)cc(C)n2)cc1. The summed E-state index contributed by atoms with van der Waals surface area (Å²) in [4.78, 5) is 20.2. The van der Waals surface area contributed by atoms with Gasteiger partial charge in [0.05, 0.1) is 0 Å². The number of carbonyl (C=O) groups is 1. The molecule has 0 atom stereocenters. The van der Waals surface area contributed by atoms with Crippen LogP contribution in [0.2, 0.25) is 0 Å². The molecule has 1 aromatic heterocycles. The third kappa shape index (κ3) is 4.56. The summed E-state index contributed by atoms with van der Waals surface area (Å²) in [5.41, 5.74) is 3.52. The van der Waals surface area contributed by atoms with E-state index in [0.717, 1.165) is 29.2 Å². The lowest BCUT2D eigenvalue weighted by Crippen LogP contribution is -2.10. The molecule has 0 spiro atoms. The Bertz CT molecular complexity index is 602. The Labute approximate surface area is 124 Å². The summed E-state index contributed by atoms with van der Waals surface area (Å²) in [7, 11) is 0. The van der Waals surface area contributed by atoms with Crippen LogP contribution in [0.4, 0.5) is 17.3 Å².